The number of nitrogens with zero attached hydrogens (tertiary/aromatic N) is 5. The fourth-order valence-corrected chi connectivity index (χ4v) is 4.81. The molecule has 7 heteroatoms. The molecular weight excluding hydrogens is 477 g/mol. The molecule has 35 heavy (non-hydrogen) atoms. The Bertz CT molecular complexity index is 1100. The monoisotopic (exact) mass is 517 g/mol. The quantitative estimate of drug-likeness (QED) is 0.378. The van der Waals surface area contributed by atoms with Crippen molar-refractivity contribution in [2.75, 3.05) is 39.3 Å². The first-order valence-electron chi connectivity index (χ1n) is 12.5. The van der Waals surface area contributed by atoms with Crippen molar-refractivity contribution >= 4 is 42.1 Å². The van der Waals surface area contributed by atoms with E-state index in [1.165, 1.54) is 49.4 Å². The van der Waals surface area contributed by atoms with Crippen molar-refractivity contribution in [3.8, 4) is 0 Å². The van der Waals surface area contributed by atoms with Gasteiger partial charge in [-0.05, 0) is 42.5 Å². The van der Waals surface area contributed by atoms with Crippen molar-refractivity contribution in [1.82, 2.24) is 24.3 Å². The second-order valence-electron chi connectivity index (χ2n) is 9.86. The average Bonchev–Trinajstić information content (AvgIpc) is 3.13. The summed E-state index contributed by atoms with van der Waals surface area (Å²) in [6.45, 7) is 18.7. The summed E-state index contributed by atoms with van der Waals surface area (Å²) in [6, 6.07) is 11.0. The fraction of sp³-hybridized carbons (Fsp3) is 0.500. The fourth-order valence-electron chi connectivity index (χ4n) is 4.81. The van der Waals surface area contributed by atoms with E-state index in [-0.39, 0.29) is 24.8 Å². The lowest BCUT2D eigenvalue weighted by Crippen LogP contribution is -2.47. The lowest BCUT2D eigenvalue weighted by atomic mass is 10.1. The van der Waals surface area contributed by atoms with Gasteiger partial charge in [0.05, 0.1) is 6.54 Å². The van der Waals surface area contributed by atoms with Crippen LogP contribution >= 0.6 is 24.8 Å². The number of benzene rings is 1. The van der Waals surface area contributed by atoms with Crippen LogP contribution in [0.4, 0.5) is 0 Å². The molecule has 2 aromatic heterocycles. The Hall–Kier alpha value is -1.92. The molecule has 0 amide bonds. The Morgan fingerprint density at radius 1 is 0.943 bits per heavy atom. The molecule has 0 bridgehead atoms. The zero-order valence-corrected chi connectivity index (χ0v) is 23.5. The highest BCUT2D eigenvalue weighted by molar-refractivity contribution is 5.85. The van der Waals surface area contributed by atoms with Gasteiger partial charge in [-0.1, -0.05) is 57.2 Å². The first-order chi connectivity index (χ1) is 15.9. The summed E-state index contributed by atoms with van der Waals surface area (Å²) in [5.41, 5.74) is 6.82. The number of hydrogen-bond donors (Lipinski definition) is 0. The number of piperazine rings is 1. The molecule has 1 aliphatic heterocycles. The van der Waals surface area contributed by atoms with E-state index in [2.05, 4.69) is 91.5 Å². The maximum atomic E-state index is 4.87. The molecule has 3 aromatic rings. The number of halogens is 2. The summed E-state index contributed by atoms with van der Waals surface area (Å²) in [5, 5.41) is 0. The highest BCUT2D eigenvalue weighted by Gasteiger charge is 2.16. The van der Waals surface area contributed by atoms with Crippen molar-refractivity contribution < 1.29 is 0 Å². The van der Waals surface area contributed by atoms with Crippen LogP contribution in [0.5, 0.6) is 0 Å². The number of rotatable bonds is 8. The van der Waals surface area contributed by atoms with Crippen molar-refractivity contribution in [3.05, 3.63) is 64.6 Å². The van der Waals surface area contributed by atoms with Gasteiger partial charge in [-0.2, -0.15) is 0 Å². The number of fused-ring (bicyclic) bond motifs is 1. The second kappa shape index (κ2) is 13.4. The van der Waals surface area contributed by atoms with Crippen LogP contribution in [-0.2, 0) is 13.0 Å². The molecule has 0 saturated carbocycles. The van der Waals surface area contributed by atoms with Gasteiger partial charge in [0, 0.05) is 51.4 Å². The van der Waals surface area contributed by atoms with Crippen LogP contribution in [0.15, 0.2) is 36.4 Å². The van der Waals surface area contributed by atoms with E-state index in [0.717, 1.165) is 48.1 Å². The summed E-state index contributed by atoms with van der Waals surface area (Å²) in [7, 11) is 0. The Kier molecular flexibility index (Phi) is 11.2. The van der Waals surface area contributed by atoms with E-state index in [0.29, 0.717) is 0 Å². The smallest absolute Gasteiger partial charge is 0.160 e. The van der Waals surface area contributed by atoms with Crippen molar-refractivity contribution in [2.45, 2.75) is 47.6 Å². The first kappa shape index (κ1) is 29.3. The molecule has 0 radical (unpaired) electrons. The van der Waals surface area contributed by atoms with Crippen molar-refractivity contribution in [3.63, 3.8) is 0 Å². The molecule has 0 spiro atoms. The molecule has 1 fully saturated rings. The lowest BCUT2D eigenvalue weighted by Gasteiger charge is -2.34. The number of pyridine rings is 1. The van der Waals surface area contributed by atoms with E-state index in [1.54, 1.807) is 0 Å². The molecule has 4 rings (SSSR count). The maximum Gasteiger partial charge on any atom is 0.160 e. The van der Waals surface area contributed by atoms with Gasteiger partial charge >= 0.3 is 0 Å². The third-order valence-electron chi connectivity index (χ3n) is 6.50. The van der Waals surface area contributed by atoms with Gasteiger partial charge in [0.25, 0.3) is 0 Å². The minimum absolute atomic E-state index is 0. The van der Waals surface area contributed by atoms with Crippen molar-refractivity contribution in [1.29, 1.82) is 0 Å². The molecule has 1 aromatic carbocycles. The van der Waals surface area contributed by atoms with E-state index < -0.39 is 0 Å². The second-order valence-corrected chi connectivity index (χ2v) is 9.86. The van der Waals surface area contributed by atoms with Gasteiger partial charge in [0.1, 0.15) is 11.3 Å². The minimum atomic E-state index is 0. The average molecular weight is 519 g/mol. The number of aryl methyl sites for hydroxylation is 3. The minimum Gasteiger partial charge on any atom is -0.308 e. The highest BCUT2D eigenvalue weighted by atomic mass is 35.5. The van der Waals surface area contributed by atoms with Crippen LogP contribution in [0.1, 0.15) is 49.0 Å². The van der Waals surface area contributed by atoms with E-state index in [4.69, 9.17) is 9.97 Å². The molecule has 0 aliphatic carbocycles. The Morgan fingerprint density at radius 2 is 1.60 bits per heavy atom. The number of imidazole rings is 1. The SMILES string of the molecule is CCc1nc2c(C)cc(C)nc2n1Cc1ccc(/C=C/CN2CCN(CC(C)C)CC2)cc1.Cl.Cl. The predicted octanol–water partition coefficient (Wildman–Crippen LogP) is 5.79. The summed E-state index contributed by atoms with van der Waals surface area (Å²) in [5.74, 6) is 1.86. The van der Waals surface area contributed by atoms with Crippen LogP contribution in [0.25, 0.3) is 17.2 Å². The molecule has 0 unspecified atom stereocenters. The van der Waals surface area contributed by atoms with E-state index in [1.807, 2.05) is 0 Å². The van der Waals surface area contributed by atoms with Gasteiger partial charge in [-0.25, -0.2) is 9.97 Å². The molecule has 0 atom stereocenters. The molecule has 5 nitrogen and oxygen atoms in total. The summed E-state index contributed by atoms with van der Waals surface area (Å²) >= 11 is 0. The lowest BCUT2D eigenvalue weighted by molar-refractivity contribution is 0.131. The molecule has 1 aliphatic rings. The summed E-state index contributed by atoms with van der Waals surface area (Å²) in [6.07, 6.45) is 5.46. The Labute approximate surface area is 223 Å². The predicted molar refractivity (Wildman–Crippen MR) is 153 cm³/mol. The number of hydrogen-bond acceptors (Lipinski definition) is 4. The molecule has 0 N–H and O–H groups in total. The van der Waals surface area contributed by atoms with Crippen LogP contribution < -0.4 is 0 Å². The van der Waals surface area contributed by atoms with Gasteiger partial charge < -0.3 is 9.47 Å². The van der Waals surface area contributed by atoms with Crippen LogP contribution in [0.3, 0.4) is 0 Å². The number of aromatic nitrogens is 3. The maximum absolute atomic E-state index is 4.87. The zero-order valence-electron chi connectivity index (χ0n) is 21.8. The van der Waals surface area contributed by atoms with Gasteiger partial charge in [-0.3, -0.25) is 4.90 Å². The normalized spacial score (nSPS) is 15.0. The molecule has 1 saturated heterocycles. The third-order valence-corrected chi connectivity index (χ3v) is 6.50. The largest absolute Gasteiger partial charge is 0.308 e. The highest BCUT2D eigenvalue weighted by Crippen LogP contribution is 2.21. The van der Waals surface area contributed by atoms with Gasteiger partial charge in [0.2, 0.25) is 0 Å². The molecule has 192 valence electrons. The van der Waals surface area contributed by atoms with Crippen LogP contribution in [0, 0.1) is 19.8 Å². The summed E-state index contributed by atoms with van der Waals surface area (Å²) in [4.78, 5) is 14.8. The Balaban J connectivity index is 0.00000216. The van der Waals surface area contributed by atoms with Crippen LogP contribution in [-0.4, -0.2) is 63.6 Å². The van der Waals surface area contributed by atoms with Crippen LogP contribution in [0.2, 0.25) is 0 Å². The standard InChI is InChI=1S/C28H39N5.2ClH/c1-6-26-30-27-22(4)18-23(5)29-28(27)33(26)20-25-11-9-24(10-12-25)8-7-13-31-14-16-32(17-15-31)19-21(2)3;;/h7-12,18,21H,6,13-17,19-20H2,1-5H3;2*1H/b8-7+;;. The topological polar surface area (TPSA) is 37.2 Å². The third kappa shape index (κ3) is 7.53. The molecule has 3 heterocycles. The molecular formula is C28H41Cl2N5. The van der Waals surface area contributed by atoms with Gasteiger partial charge in [-0.15, -0.1) is 24.8 Å². The Morgan fingerprint density at radius 3 is 2.23 bits per heavy atom. The van der Waals surface area contributed by atoms with Gasteiger partial charge in [0.15, 0.2) is 5.65 Å². The zero-order chi connectivity index (χ0) is 23.4. The van der Waals surface area contributed by atoms with E-state index in [9.17, 15) is 0 Å². The first-order valence-corrected chi connectivity index (χ1v) is 12.5. The van der Waals surface area contributed by atoms with Crippen molar-refractivity contribution in [2.24, 2.45) is 5.92 Å². The summed E-state index contributed by atoms with van der Waals surface area (Å²) < 4.78 is 2.28. The van der Waals surface area contributed by atoms with E-state index >= 15 is 0 Å².